The maximum absolute atomic E-state index is 12.0. The van der Waals surface area contributed by atoms with Crippen LogP contribution < -0.4 is 5.32 Å². The van der Waals surface area contributed by atoms with Crippen molar-refractivity contribution >= 4 is 66.7 Å². The van der Waals surface area contributed by atoms with Gasteiger partial charge < -0.3 is 5.32 Å². The Balaban J connectivity index is 2.29. The van der Waals surface area contributed by atoms with Gasteiger partial charge in [0, 0.05) is 4.47 Å². The number of carbonyl (C=O) groups excluding carboxylic acids is 1. The highest BCUT2D eigenvalue weighted by atomic mass is 79.9. The van der Waals surface area contributed by atoms with Gasteiger partial charge in [-0.3, -0.25) is 4.79 Å². The Morgan fingerprint density at radius 3 is 2.37 bits per heavy atom. The molecule has 7 heteroatoms. The van der Waals surface area contributed by atoms with Crippen LogP contribution in [-0.2, 0) is 0 Å². The molecule has 0 saturated heterocycles. The molecule has 2 aromatic rings. The first kappa shape index (κ1) is 14.8. The van der Waals surface area contributed by atoms with E-state index in [1.54, 1.807) is 30.3 Å². The lowest BCUT2D eigenvalue weighted by Gasteiger charge is -2.09. The van der Waals surface area contributed by atoms with Crippen LogP contribution in [0.4, 0.5) is 5.69 Å². The second-order valence-electron chi connectivity index (χ2n) is 3.54. The predicted molar refractivity (Wildman–Crippen MR) is 84.1 cm³/mol. The summed E-state index contributed by atoms with van der Waals surface area (Å²) in [5.41, 5.74) is 0.628. The van der Waals surface area contributed by atoms with Gasteiger partial charge in [0.2, 0.25) is 0 Å². The molecule has 0 radical (unpaired) electrons. The molecule has 0 spiro atoms. The molecule has 1 amide bonds. The fourth-order valence-corrected chi connectivity index (χ4v) is 3.02. The number of aromatic nitrogens is 1. The third-order valence-electron chi connectivity index (χ3n) is 2.19. The lowest BCUT2D eigenvalue weighted by Crippen LogP contribution is -2.14. The average Bonchev–Trinajstić information content (AvgIpc) is 2.33. The smallest absolute Gasteiger partial charge is 0.274 e. The van der Waals surface area contributed by atoms with Crippen LogP contribution in [0.1, 0.15) is 10.5 Å². The fraction of sp³-hybridized carbons (Fsp3) is 0. The topological polar surface area (TPSA) is 42.0 Å². The standard InChI is InChI=1S/C12H6Br2Cl2N2O/c13-6-4-7(15)11(8(16)5-6)18-12(19)9-2-1-3-10(14)17-9/h1-5H,(H,18,19). The summed E-state index contributed by atoms with van der Waals surface area (Å²) in [5, 5.41) is 3.34. The Morgan fingerprint density at radius 2 is 1.79 bits per heavy atom. The molecule has 0 unspecified atom stereocenters. The van der Waals surface area contributed by atoms with Crippen LogP contribution in [-0.4, -0.2) is 10.9 Å². The van der Waals surface area contributed by atoms with Gasteiger partial charge in [-0.05, 0) is 40.2 Å². The van der Waals surface area contributed by atoms with Crippen molar-refractivity contribution < 1.29 is 4.79 Å². The van der Waals surface area contributed by atoms with Gasteiger partial charge in [0.25, 0.3) is 5.91 Å². The van der Waals surface area contributed by atoms with Gasteiger partial charge in [0.05, 0.1) is 15.7 Å². The van der Waals surface area contributed by atoms with Gasteiger partial charge in [-0.25, -0.2) is 4.98 Å². The summed E-state index contributed by atoms with van der Waals surface area (Å²) >= 11 is 18.6. The van der Waals surface area contributed by atoms with E-state index < -0.39 is 0 Å². The first-order valence-electron chi connectivity index (χ1n) is 5.06. The summed E-state index contributed by atoms with van der Waals surface area (Å²) in [6, 6.07) is 8.35. The molecular formula is C12H6Br2Cl2N2O. The summed E-state index contributed by atoms with van der Waals surface area (Å²) in [6.45, 7) is 0. The highest BCUT2D eigenvalue weighted by Gasteiger charge is 2.13. The maximum Gasteiger partial charge on any atom is 0.274 e. The SMILES string of the molecule is O=C(Nc1c(Cl)cc(Br)cc1Cl)c1cccc(Br)n1. The van der Waals surface area contributed by atoms with Gasteiger partial charge in [-0.15, -0.1) is 0 Å². The highest BCUT2D eigenvalue weighted by molar-refractivity contribution is 9.10. The minimum absolute atomic E-state index is 0.268. The Labute approximate surface area is 136 Å². The molecule has 98 valence electrons. The van der Waals surface area contributed by atoms with E-state index in [1.807, 2.05) is 0 Å². The molecule has 0 aliphatic heterocycles. The van der Waals surface area contributed by atoms with Gasteiger partial charge >= 0.3 is 0 Å². The summed E-state index contributed by atoms with van der Waals surface area (Å²) in [7, 11) is 0. The van der Waals surface area contributed by atoms with Crippen molar-refractivity contribution in [3.05, 3.63) is 55.1 Å². The Bertz CT molecular complexity index is 626. The molecular weight excluding hydrogens is 419 g/mol. The number of pyridine rings is 1. The number of carbonyl (C=O) groups is 1. The first-order chi connectivity index (χ1) is 8.97. The minimum Gasteiger partial charge on any atom is -0.318 e. The van der Waals surface area contributed by atoms with E-state index >= 15 is 0 Å². The lowest BCUT2D eigenvalue weighted by atomic mass is 10.3. The second kappa shape index (κ2) is 6.22. The number of hydrogen-bond acceptors (Lipinski definition) is 2. The molecule has 1 N–H and O–H groups in total. The number of anilines is 1. The summed E-state index contributed by atoms with van der Waals surface area (Å²) < 4.78 is 1.31. The Kier molecular flexibility index (Phi) is 4.84. The van der Waals surface area contributed by atoms with E-state index in [2.05, 4.69) is 42.2 Å². The van der Waals surface area contributed by atoms with Gasteiger partial charge in [0.15, 0.2) is 0 Å². The van der Waals surface area contributed by atoms with E-state index in [0.29, 0.717) is 20.3 Å². The monoisotopic (exact) mass is 422 g/mol. The van der Waals surface area contributed by atoms with Crippen LogP contribution in [0.25, 0.3) is 0 Å². The van der Waals surface area contributed by atoms with Crippen LogP contribution >= 0.6 is 55.1 Å². The zero-order valence-corrected chi connectivity index (χ0v) is 13.9. The number of hydrogen-bond donors (Lipinski definition) is 1. The van der Waals surface area contributed by atoms with Crippen LogP contribution in [0, 0.1) is 0 Å². The third kappa shape index (κ3) is 3.69. The molecule has 19 heavy (non-hydrogen) atoms. The molecule has 1 aromatic carbocycles. The van der Waals surface area contributed by atoms with Crippen molar-refractivity contribution in [3.8, 4) is 0 Å². The van der Waals surface area contributed by atoms with Crippen LogP contribution in [0.5, 0.6) is 0 Å². The van der Waals surface area contributed by atoms with E-state index in [9.17, 15) is 4.79 Å². The van der Waals surface area contributed by atoms with Crippen molar-refractivity contribution in [2.24, 2.45) is 0 Å². The molecule has 0 atom stereocenters. The summed E-state index contributed by atoms with van der Waals surface area (Å²) in [5.74, 6) is -0.382. The van der Waals surface area contributed by atoms with Crippen LogP contribution in [0.3, 0.4) is 0 Å². The van der Waals surface area contributed by atoms with E-state index in [4.69, 9.17) is 23.2 Å². The van der Waals surface area contributed by atoms with Crippen molar-refractivity contribution in [2.75, 3.05) is 5.32 Å². The summed E-state index contributed by atoms with van der Waals surface area (Å²) in [6.07, 6.45) is 0. The molecule has 0 aliphatic rings. The largest absolute Gasteiger partial charge is 0.318 e. The number of nitrogens with zero attached hydrogens (tertiary/aromatic N) is 1. The number of benzene rings is 1. The van der Waals surface area contributed by atoms with Gasteiger partial charge in [-0.2, -0.15) is 0 Å². The zero-order chi connectivity index (χ0) is 14.0. The van der Waals surface area contributed by atoms with Crippen molar-refractivity contribution in [1.82, 2.24) is 4.98 Å². The molecule has 0 aliphatic carbocycles. The number of nitrogens with one attached hydrogen (secondary N) is 1. The Morgan fingerprint density at radius 1 is 1.16 bits per heavy atom. The highest BCUT2D eigenvalue weighted by Crippen LogP contribution is 2.34. The average molecular weight is 425 g/mol. The number of amides is 1. The first-order valence-corrected chi connectivity index (χ1v) is 7.40. The fourth-order valence-electron chi connectivity index (χ4n) is 1.37. The lowest BCUT2D eigenvalue weighted by molar-refractivity contribution is 0.102. The molecule has 2 rings (SSSR count). The second-order valence-corrected chi connectivity index (χ2v) is 6.09. The maximum atomic E-state index is 12.0. The quantitative estimate of drug-likeness (QED) is 0.676. The number of rotatable bonds is 2. The Hall–Kier alpha value is -0.620. The number of halogens is 4. The van der Waals surface area contributed by atoms with Crippen molar-refractivity contribution in [3.63, 3.8) is 0 Å². The van der Waals surface area contributed by atoms with Gasteiger partial charge in [-0.1, -0.05) is 45.2 Å². The molecule has 3 nitrogen and oxygen atoms in total. The minimum atomic E-state index is -0.382. The molecule has 1 aromatic heterocycles. The van der Waals surface area contributed by atoms with Gasteiger partial charge in [0.1, 0.15) is 10.3 Å². The predicted octanol–water partition coefficient (Wildman–Crippen LogP) is 5.17. The molecule has 0 fully saturated rings. The van der Waals surface area contributed by atoms with E-state index in [0.717, 1.165) is 4.47 Å². The van der Waals surface area contributed by atoms with E-state index in [-0.39, 0.29) is 11.6 Å². The van der Waals surface area contributed by atoms with Crippen LogP contribution in [0.15, 0.2) is 39.4 Å². The molecule has 0 bridgehead atoms. The normalized spacial score (nSPS) is 10.3. The van der Waals surface area contributed by atoms with Crippen molar-refractivity contribution in [1.29, 1.82) is 0 Å². The van der Waals surface area contributed by atoms with Crippen LogP contribution in [0.2, 0.25) is 10.0 Å². The van der Waals surface area contributed by atoms with E-state index in [1.165, 1.54) is 0 Å². The zero-order valence-electron chi connectivity index (χ0n) is 9.25. The van der Waals surface area contributed by atoms with Crippen molar-refractivity contribution in [2.45, 2.75) is 0 Å². The third-order valence-corrected chi connectivity index (χ3v) is 3.69. The molecule has 0 saturated carbocycles. The summed E-state index contributed by atoms with van der Waals surface area (Å²) in [4.78, 5) is 16.1. The molecule has 1 heterocycles.